The fourth-order valence-corrected chi connectivity index (χ4v) is 5.45. The number of nitriles is 1. The first-order valence-electron chi connectivity index (χ1n) is 12.2. The van der Waals surface area contributed by atoms with Gasteiger partial charge in [-0.1, -0.05) is 18.2 Å². The standard InChI is InChI=1S/C28H35N3O2/c1-20-14-21(2)26(28(33)31-11-5-6-23(18-31)19-32)16-25(20)15-22-9-12-30(13-10-22)27-8-4-3-7-24(27)17-29/h3-4,7-8,14,16,22-23,32H,5-6,9-13,15,18-19H2,1-2H3/t23-/m0/s1. The smallest absolute Gasteiger partial charge is 0.254 e. The molecular weight excluding hydrogens is 410 g/mol. The van der Waals surface area contributed by atoms with E-state index >= 15 is 0 Å². The van der Waals surface area contributed by atoms with Gasteiger partial charge in [-0.15, -0.1) is 0 Å². The number of carbonyl (C=O) groups is 1. The summed E-state index contributed by atoms with van der Waals surface area (Å²) in [6, 6.07) is 14.5. The zero-order chi connectivity index (χ0) is 23.4. The second-order valence-electron chi connectivity index (χ2n) is 9.80. The number of aliphatic hydroxyl groups excluding tert-OH is 1. The van der Waals surface area contributed by atoms with Crippen LogP contribution in [0.5, 0.6) is 0 Å². The van der Waals surface area contributed by atoms with E-state index < -0.39 is 0 Å². The molecule has 5 nitrogen and oxygen atoms in total. The van der Waals surface area contributed by atoms with Gasteiger partial charge < -0.3 is 14.9 Å². The molecule has 0 spiro atoms. The lowest BCUT2D eigenvalue weighted by Gasteiger charge is -2.34. The third kappa shape index (κ3) is 5.23. The lowest BCUT2D eigenvalue weighted by atomic mass is 9.86. The molecule has 1 N–H and O–H groups in total. The van der Waals surface area contributed by atoms with Crippen LogP contribution in [0.1, 0.15) is 58.3 Å². The van der Waals surface area contributed by atoms with Crippen molar-refractivity contribution >= 4 is 11.6 Å². The molecule has 2 aromatic rings. The van der Waals surface area contributed by atoms with E-state index in [1.54, 1.807) is 0 Å². The highest BCUT2D eigenvalue weighted by Crippen LogP contribution is 2.30. The second-order valence-corrected chi connectivity index (χ2v) is 9.80. The predicted molar refractivity (Wildman–Crippen MR) is 131 cm³/mol. The van der Waals surface area contributed by atoms with Crippen LogP contribution in [0.3, 0.4) is 0 Å². The van der Waals surface area contributed by atoms with E-state index in [4.69, 9.17) is 0 Å². The molecule has 174 valence electrons. The van der Waals surface area contributed by atoms with Gasteiger partial charge in [0, 0.05) is 38.3 Å². The quantitative estimate of drug-likeness (QED) is 0.737. The van der Waals surface area contributed by atoms with Gasteiger partial charge in [-0.25, -0.2) is 0 Å². The Morgan fingerprint density at radius 1 is 1.06 bits per heavy atom. The SMILES string of the molecule is Cc1cc(C)c(C(=O)N2CCC[C@H](CO)C2)cc1CC1CCN(c2ccccc2C#N)CC1. The lowest BCUT2D eigenvalue weighted by molar-refractivity contribution is 0.0620. The number of hydrogen-bond donors (Lipinski definition) is 1. The lowest BCUT2D eigenvalue weighted by Crippen LogP contribution is -2.41. The van der Waals surface area contributed by atoms with Crippen molar-refractivity contribution in [2.24, 2.45) is 11.8 Å². The minimum atomic E-state index is 0.106. The summed E-state index contributed by atoms with van der Waals surface area (Å²) in [6.45, 7) is 7.67. The van der Waals surface area contributed by atoms with E-state index in [1.165, 1.54) is 11.1 Å². The molecule has 2 aliphatic heterocycles. The van der Waals surface area contributed by atoms with Gasteiger partial charge in [0.15, 0.2) is 0 Å². The molecule has 2 aliphatic rings. The molecule has 0 unspecified atom stereocenters. The van der Waals surface area contributed by atoms with E-state index in [1.807, 2.05) is 36.1 Å². The number of aliphatic hydroxyl groups is 1. The maximum atomic E-state index is 13.3. The van der Waals surface area contributed by atoms with E-state index in [2.05, 4.69) is 30.0 Å². The van der Waals surface area contributed by atoms with Crippen LogP contribution in [0.4, 0.5) is 5.69 Å². The molecule has 4 rings (SSSR count). The molecule has 2 fully saturated rings. The Labute approximate surface area is 197 Å². The van der Waals surface area contributed by atoms with Crippen molar-refractivity contribution in [2.45, 2.75) is 46.0 Å². The third-order valence-electron chi connectivity index (χ3n) is 7.47. The molecule has 0 radical (unpaired) electrons. The summed E-state index contributed by atoms with van der Waals surface area (Å²) in [4.78, 5) is 17.6. The summed E-state index contributed by atoms with van der Waals surface area (Å²) in [7, 11) is 0. The average Bonchev–Trinajstić information content (AvgIpc) is 2.85. The maximum Gasteiger partial charge on any atom is 0.254 e. The molecule has 0 saturated carbocycles. The van der Waals surface area contributed by atoms with Crippen LogP contribution in [0.25, 0.3) is 0 Å². The molecule has 5 heteroatoms. The molecule has 2 saturated heterocycles. The highest BCUT2D eigenvalue weighted by atomic mass is 16.3. The number of carbonyl (C=O) groups excluding carboxylic acids is 1. The van der Waals surface area contributed by atoms with Gasteiger partial charge in [-0.05, 0) is 92.7 Å². The number of aryl methyl sites for hydroxylation is 2. The number of amides is 1. The number of rotatable bonds is 5. The summed E-state index contributed by atoms with van der Waals surface area (Å²) in [5.74, 6) is 0.882. The first-order valence-corrected chi connectivity index (χ1v) is 12.2. The molecule has 2 aromatic carbocycles. The van der Waals surface area contributed by atoms with Crippen molar-refractivity contribution in [3.05, 3.63) is 64.2 Å². The van der Waals surface area contributed by atoms with Crippen LogP contribution in [-0.4, -0.2) is 48.7 Å². The highest BCUT2D eigenvalue weighted by Gasteiger charge is 2.26. The third-order valence-corrected chi connectivity index (χ3v) is 7.47. The molecule has 2 heterocycles. The van der Waals surface area contributed by atoms with Gasteiger partial charge in [-0.2, -0.15) is 5.26 Å². The highest BCUT2D eigenvalue weighted by molar-refractivity contribution is 5.96. The van der Waals surface area contributed by atoms with Crippen molar-refractivity contribution in [3.8, 4) is 6.07 Å². The molecule has 0 aliphatic carbocycles. The fourth-order valence-electron chi connectivity index (χ4n) is 5.45. The first kappa shape index (κ1) is 23.3. The number of para-hydroxylation sites is 1. The summed E-state index contributed by atoms with van der Waals surface area (Å²) in [5, 5.41) is 19.0. The number of anilines is 1. The van der Waals surface area contributed by atoms with E-state index in [0.29, 0.717) is 12.5 Å². The van der Waals surface area contributed by atoms with E-state index in [-0.39, 0.29) is 18.4 Å². The van der Waals surface area contributed by atoms with Crippen LogP contribution in [0.15, 0.2) is 36.4 Å². The Morgan fingerprint density at radius 2 is 1.82 bits per heavy atom. The van der Waals surface area contributed by atoms with Crippen molar-refractivity contribution in [2.75, 3.05) is 37.7 Å². The van der Waals surface area contributed by atoms with Gasteiger partial charge in [-0.3, -0.25) is 4.79 Å². The summed E-state index contributed by atoms with van der Waals surface area (Å²) in [6.07, 6.45) is 5.11. The minimum absolute atomic E-state index is 0.106. The average molecular weight is 446 g/mol. The van der Waals surface area contributed by atoms with E-state index in [0.717, 1.165) is 74.1 Å². The van der Waals surface area contributed by atoms with E-state index in [9.17, 15) is 15.2 Å². The number of likely N-dealkylation sites (tertiary alicyclic amines) is 1. The van der Waals surface area contributed by atoms with Gasteiger partial charge in [0.05, 0.1) is 11.3 Å². The Bertz CT molecular complexity index is 1030. The molecular formula is C28H35N3O2. The monoisotopic (exact) mass is 445 g/mol. The molecule has 1 atom stereocenters. The minimum Gasteiger partial charge on any atom is -0.396 e. The number of piperidine rings is 2. The Morgan fingerprint density at radius 3 is 2.55 bits per heavy atom. The molecule has 33 heavy (non-hydrogen) atoms. The van der Waals surface area contributed by atoms with Gasteiger partial charge >= 0.3 is 0 Å². The zero-order valence-corrected chi connectivity index (χ0v) is 19.9. The molecule has 1 amide bonds. The van der Waals surface area contributed by atoms with Gasteiger partial charge in [0.1, 0.15) is 6.07 Å². The van der Waals surface area contributed by atoms with Crippen LogP contribution in [0, 0.1) is 37.0 Å². The van der Waals surface area contributed by atoms with Crippen LogP contribution < -0.4 is 4.90 Å². The summed E-state index contributed by atoms with van der Waals surface area (Å²) >= 11 is 0. The Hall–Kier alpha value is -2.84. The summed E-state index contributed by atoms with van der Waals surface area (Å²) in [5.41, 5.74) is 6.17. The topological polar surface area (TPSA) is 67.6 Å². The Balaban J connectivity index is 1.44. The van der Waals surface area contributed by atoms with Crippen LogP contribution in [0.2, 0.25) is 0 Å². The fraction of sp³-hybridized carbons (Fsp3) is 0.500. The molecule has 0 bridgehead atoms. The van der Waals surface area contributed by atoms with Crippen molar-refractivity contribution in [3.63, 3.8) is 0 Å². The van der Waals surface area contributed by atoms with Crippen molar-refractivity contribution < 1.29 is 9.90 Å². The van der Waals surface area contributed by atoms with Crippen LogP contribution >= 0.6 is 0 Å². The maximum absolute atomic E-state index is 13.3. The first-order chi connectivity index (χ1) is 16.0. The summed E-state index contributed by atoms with van der Waals surface area (Å²) < 4.78 is 0. The second kappa shape index (κ2) is 10.4. The zero-order valence-electron chi connectivity index (χ0n) is 19.9. The number of hydrogen-bond acceptors (Lipinski definition) is 4. The number of benzene rings is 2. The van der Waals surface area contributed by atoms with Crippen molar-refractivity contribution in [1.82, 2.24) is 4.90 Å². The number of nitrogens with zero attached hydrogens (tertiary/aromatic N) is 3. The molecule has 0 aromatic heterocycles. The van der Waals surface area contributed by atoms with Crippen molar-refractivity contribution in [1.29, 1.82) is 5.26 Å². The van der Waals surface area contributed by atoms with Gasteiger partial charge in [0.2, 0.25) is 0 Å². The predicted octanol–water partition coefficient (Wildman–Crippen LogP) is 4.48. The Kier molecular flexibility index (Phi) is 7.35. The van der Waals surface area contributed by atoms with Crippen LogP contribution in [-0.2, 0) is 6.42 Å². The normalized spacial score (nSPS) is 19.4. The largest absolute Gasteiger partial charge is 0.396 e. The van der Waals surface area contributed by atoms with Gasteiger partial charge in [0.25, 0.3) is 5.91 Å².